The number of rotatable bonds is 4. The Hall–Kier alpha value is -4.04. The van der Waals surface area contributed by atoms with Gasteiger partial charge < -0.3 is 11.1 Å². The van der Waals surface area contributed by atoms with E-state index in [0.717, 1.165) is 22.6 Å². The summed E-state index contributed by atoms with van der Waals surface area (Å²) in [5, 5.41) is 6.11. The van der Waals surface area contributed by atoms with E-state index in [4.69, 9.17) is 5.73 Å². The van der Waals surface area contributed by atoms with Crippen molar-refractivity contribution in [2.45, 2.75) is 0 Å². The maximum absolute atomic E-state index is 5.80. The molecule has 0 atom stereocenters. The Morgan fingerprint density at radius 2 is 1.10 bits per heavy atom. The summed E-state index contributed by atoms with van der Waals surface area (Å²) >= 11 is 0. The zero-order valence-electron chi connectivity index (χ0n) is 16.5. The van der Waals surface area contributed by atoms with E-state index in [0.29, 0.717) is 0 Å². The molecule has 0 bridgehead atoms. The summed E-state index contributed by atoms with van der Waals surface area (Å²) < 4.78 is 0. The molecule has 5 rings (SSSR count). The molecule has 0 aliphatic rings. The molecule has 0 heterocycles. The van der Waals surface area contributed by atoms with E-state index in [9.17, 15) is 0 Å². The normalized spacial score (nSPS) is 10.8. The molecule has 5 aromatic carbocycles. The molecule has 30 heavy (non-hydrogen) atoms. The highest BCUT2D eigenvalue weighted by Crippen LogP contribution is 2.35. The first-order valence-corrected chi connectivity index (χ1v) is 10.1. The minimum Gasteiger partial charge on any atom is -0.399 e. The van der Waals surface area contributed by atoms with Gasteiger partial charge in [-0.25, -0.2) is 0 Å². The molecule has 0 radical (unpaired) electrons. The third-order valence-electron chi connectivity index (χ3n) is 5.41. The van der Waals surface area contributed by atoms with E-state index >= 15 is 0 Å². The van der Waals surface area contributed by atoms with Gasteiger partial charge in [-0.1, -0.05) is 84.9 Å². The molecular formula is C28H22N2. The van der Waals surface area contributed by atoms with Crippen LogP contribution >= 0.6 is 0 Å². The summed E-state index contributed by atoms with van der Waals surface area (Å²) in [6.07, 6.45) is 0. The highest BCUT2D eigenvalue weighted by Gasteiger charge is 2.08. The zero-order valence-corrected chi connectivity index (χ0v) is 16.5. The van der Waals surface area contributed by atoms with E-state index in [-0.39, 0.29) is 0 Å². The molecule has 0 unspecified atom stereocenters. The lowest BCUT2D eigenvalue weighted by Crippen LogP contribution is -1.94. The SMILES string of the molecule is Nc1ccc(-c2ccc(Nc3ccccc3-c3cccc4ccccc34)cc2)cc1. The molecule has 0 saturated carbocycles. The van der Waals surface area contributed by atoms with Crippen LogP contribution in [0.2, 0.25) is 0 Å². The van der Waals surface area contributed by atoms with Crippen molar-refractivity contribution in [3.63, 3.8) is 0 Å². The molecule has 0 saturated heterocycles. The summed E-state index contributed by atoms with van der Waals surface area (Å²) in [6.45, 7) is 0. The van der Waals surface area contributed by atoms with Crippen molar-refractivity contribution in [2.75, 3.05) is 11.1 Å². The van der Waals surface area contributed by atoms with E-state index in [2.05, 4.69) is 96.3 Å². The zero-order chi connectivity index (χ0) is 20.3. The molecule has 0 spiro atoms. The van der Waals surface area contributed by atoms with Crippen LogP contribution in [0.5, 0.6) is 0 Å². The largest absolute Gasteiger partial charge is 0.399 e. The van der Waals surface area contributed by atoms with E-state index in [1.807, 2.05) is 24.3 Å². The average Bonchev–Trinajstić information content (AvgIpc) is 2.80. The van der Waals surface area contributed by atoms with E-state index in [1.54, 1.807) is 0 Å². The number of nitrogen functional groups attached to an aromatic ring is 1. The highest BCUT2D eigenvalue weighted by molar-refractivity contribution is 6.00. The molecule has 0 fully saturated rings. The van der Waals surface area contributed by atoms with Gasteiger partial charge >= 0.3 is 0 Å². The van der Waals surface area contributed by atoms with Gasteiger partial charge in [-0.05, 0) is 57.8 Å². The lowest BCUT2D eigenvalue weighted by atomic mass is 9.97. The Balaban J connectivity index is 1.48. The number of nitrogens with two attached hydrogens (primary N) is 1. The predicted molar refractivity (Wildman–Crippen MR) is 129 cm³/mol. The number of anilines is 3. The van der Waals surface area contributed by atoms with Gasteiger partial charge in [0, 0.05) is 22.6 Å². The molecule has 0 aromatic heterocycles. The van der Waals surface area contributed by atoms with Gasteiger partial charge in [-0.2, -0.15) is 0 Å². The fourth-order valence-electron chi connectivity index (χ4n) is 3.86. The van der Waals surface area contributed by atoms with Gasteiger partial charge in [0.25, 0.3) is 0 Å². The second-order valence-electron chi connectivity index (χ2n) is 7.40. The quantitative estimate of drug-likeness (QED) is 0.314. The average molecular weight is 386 g/mol. The predicted octanol–water partition coefficient (Wildman–Crippen LogP) is 7.50. The first-order valence-electron chi connectivity index (χ1n) is 10.1. The third-order valence-corrected chi connectivity index (χ3v) is 5.41. The Bertz CT molecular complexity index is 1300. The summed E-state index contributed by atoms with van der Waals surface area (Å²) in [4.78, 5) is 0. The van der Waals surface area contributed by atoms with Gasteiger partial charge in [0.15, 0.2) is 0 Å². The monoisotopic (exact) mass is 386 g/mol. The number of para-hydroxylation sites is 1. The summed E-state index contributed by atoms with van der Waals surface area (Å²) in [5.41, 5.74) is 13.5. The molecule has 0 aliphatic heterocycles. The highest BCUT2D eigenvalue weighted by atomic mass is 14.9. The van der Waals surface area contributed by atoms with Crippen LogP contribution in [-0.2, 0) is 0 Å². The smallest absolute Gasteiger partial charge is 0.0464 e. The third kappa shape index (κ3) is 3.51. The molecule has 2 nitrogen and oxygen atoms in total. The first-order chi connectivity index (χ1) is 14.8. The van der Waals surface area contributed by atoms with Crippen LogP contribution in [0.1, 0.15) is 0 Å². The van der Waals surface area contributed by atoms with Crippen molar-refractivity contribution in [1.29, 1.82) is 0 Å². The number of nitrogens with one attached hydrogen (secondary N) is 1. The van der Waals surface area contributed by atoms with Gasteiger partial charge in [0.2, 0.25) is 0 Å². The van der Waals surface area contributed by atoms with Crippen LogP contribution in [-0.4, -0.2) is 0 Å². The van der Waals surface area contributed by atoms with Crippen molar-refractivity contribution >= 4 is 27.8 Å². The van der Waals surface area contributed by atoms with Crippen molar-refractivity contribution in [1.82, 2.24) is 0 Å². The molecule has 5 aromatic rings. The summed E-state index contributed by atoms with van der Waals surface area (Å²) in [7, 11) is 0. The van der Waals surface area contributed by atoms with Crippen LogP contribution < -0.4 is 11.1 Å². The maximum atomic E-state index is 5.80. The van der Waals surface area contributed by atoms with Crippen molar-refractivity contribution in [3.05, 3.63) is 115 Å². The fourth-order valence-corrected chi connectivity index (χ4v) is 3.86. The van der Waals surface area contributed by atoms with Crippen molar-refractivity contribution in [3.8, 4) is 22.3 Å². The molecule has 3 N–H and O–H groups in total. The van der Waals surface area contributed by atoms with Gasteiger partial charge in [0.1, 0.15) is 0 Å². The number of fused-ring (bicyclic) bond motifs is 1. The standard InChI is InChI=1S/C28H22N2/c29-23-16-12-20(13-17-23)21-14-18-24(19-15-21)30-28-11-4-3-9-27(28)26-10-5-7-22-6-1-2-8-25(22)26/h1-19,30H,29H2. The topological polar surface area (TPSA) is 38.0 Å². The minimum atomic E-state index is 0.780. The second kappa shape index (κ2) is 7.76. The van der Waals surface area contributed by atoms with Gasteiger partial charge in [-0.3, -0.25) is 0 Å². The van der Waals surface area contributed by atoms with E-state index < -0.39 is 0 Å². The minimum absolute atomic E-state index is 0.780. The summed E-state index contributed by atoms with van der Waals surface area (Å²) in [5.74, 6) is 0. The van der Waals surface area contributed by atoms with Crippen molar-refractivity contribution in [2.24, 2.45) is 0 Å². The van der Waals surface area contributed by atoms with Crippen LogP contribution in [0.3, 0.4) is 0 Å². The maximum Gasteiger partial charge on any atom is 0.0464 e. The fraction of sp³-hybridized carbons (Fsp3) is 0. The number of hydrogen-bond acceptors (Lipinski definition) is 2. The number of benzene rings is 5. The van der Waals surface area contributed by atoms with Gasteiger partial charge in [0.05, 0.1) is 0 Å². The lowest BCUT2D eigenvalue weighted by Gasteiger charge is -2.14. The Morgan fingerprint density at radius 3 is 1.90 bits per heavy atom. The molecule has 0 aliphatic carbocycles. The van der Waals surface area contributed by atoms with Crippen LogP contribution in [0.25, 0.3) is 33.0 Å². The second-order valence-corrected chi connectivity index (χ2v) is 7.40. The van der Waals surface area contributed by atoms with Gasteiger partial charge in [-0.15, -0.1) is 0 Å². The summed E-state index contributed by atoms with van der Waals surface area (Å²) in [6, 6.07) is 39.9. The Morgan fingerprint density at radius 1 is 0.500 bits per heavy atom. The Kier molecular flexibility index (Phi) is 4.66. The van der Waals surface area contributed by atoms with Crippen LogP contribution in [0, 0.1) is 0 Å². The lowest BCUT2D eigenvalue weighted by molar-refractivity contribution is 1.53. The molecule has 2 heteroatoms. The van der Waals surface area contributed by atoms with E-state index in [1.165, 1.54) is 27.5 Å². The number of hydrogen-bond donors (Lipinski definition) is 2. The molecular weight excluding hydrogens is 364 g/mol. The van der Waals surface area contributed by atoms with Crippen LogP contribution in [0.4, 0.5) is 17.1 Å². The van der Waals surface area contributed by atoms with Crippen molar-refractivity contribution < 1.29 is 0 Å². The van der Waals surface area contributed by atoms with Crippen LogP contribution in [0.15, 0.2) is 115 Å². The molecule has 144 valence electrons. The Labute approximate surface area is 176 Å². The molecule has 0 amide bonds. The first kappa shape index (κ1) is 18.0.